The molecule has 0 aliphatic rings. The van der Waals surface area contributed by atoms with Gasteiger partial charge >= 0.3 is 5.97 Å². The molecule has 8 heteroatoms. The van der Waals surface area contributed by atoms with Crippen LogP contribution < -0.4 is 14.8 Å². The highest BCUT2D eigenvalue weighted by atomic mass is 19.1. The van der Waals surface area contributed by atoms with Gasteiger partial charge in [0.1, 0.15) is 28.8 Å². The van der Waals surface area contributed by atoms with Crippen molar-refractivity contribution in [2.75, 3.05) is 19.5 Å². The van der Waals surface area contributed by atoms with Crippen LogP contribution in [0.5, 0.6) is 11.5 Å². The molecule has 0 aliphatic carbocycles. The zero-order valence-corrected chi connectivity index (χ0v) is 15.5. The zero-order valence-electron chi connectivity index (χ0n) is 15.5. The van der Waals surface area contributed by atoms with Gasteiger partial charge in [0.15, 0.2) is 6.10 Å². The van der Waals surface area contributed by atoms with E-state index in [9.17, 15) is 18.4 Å². The van der Waals surface area contributed by atoms with Crippen molar-refractivity contribution in [2.45, 2.75) is 13.0 Å². The molecule has 2 aromatic rings. The molecule has 28 heavy (non-hydrogen) atoms. The van der Waals surface area contributed by atoms with Gasteiger partial charge in [0.05, 0.1) is 14.2 Å². The van der Waals surface area contributed by atoms with Gasteiger partial charge in [0.2, 0.25) is 0 Å². The van der Waals surface area contributed by atoms with Gasteiger partial charge in [0, 0.05) is 12.1 Å². The molecule has 0 unspecified atom stereocenters. The number of halogens is 2. The normalized spacial score (nSPS) is 11.8. The summed E-state index contributed by atoms with van der Waals surface area (Å²) in [6.07, 6.45) is 1.30. The fourth-order valence-electron chi connectivity index (χ4n) is 2.20. The van der Waals surface area contributed by atoms with Crippen LogP contribution in [0, 0.1) is 11.6 Å². The van der Waals surface area contributed by atoms with Crippen LogP contribution in [-0.4, -0.2) is 32.2 Å². The molecule has 0 aromatic heterocycles. The summed E-state index contributed by atoms with van der Waals surface area (Å²) in [5.41, 5.74) is 0.00750. The van der Waals surface area contributed by atoms with Crippen molar-refractivity contribution >= 4 is 23.6 Å². The molecule has 1 N–H and O–H groups in total. The van der Waals surface area contributed by atoms with Gasteiger partial charge in [-0.1, -0.05) is 6.07 Å². The van der Waals surface area contributed by atoms with Crippen LogP contribution in [0.4, 0.5) is 14.5 Å². The van der Waals surface area contributed by atoms with E-state index in [2.05, 4.69) is 5.32 Å². The number of para-hydroxylation sites is 1. The Morgan fingerprint density at radius 2 is 1.61 bits per heavy atom. The highest BCUT2D eigenvalue weighted by Gasteiger charge is 2.20. The maximum Gasteiger partial charge on any atom is 0.331 e. The number of nitrogens with one attached hydrogen (secondary N) is 1. The fraction of sp³-hybridized carbons (Fsp3) is 0.200. The monoisotopic (exact) mass is 391 g/mol. The van der Waals surface area contributed by atoms with E-state index in [0.717, 1.165) is 18.2 Å². The molecule has 2 aromatic carbocycles. The Balaban J connectivity index is 2.00. The second-order valence-electron chi connectivity index (χ2n) is 5.64. The second-order valence-corrected chi connectivity index (χ2v) is 5.64. The van der Waals surface area contributed by atoms with Crippen LogP contribution in [0.25, 0.3) is 6.08 Å². The number of hydrogen-bond acceptors (Lipinski definition) is 5. The SMILES string of the molecule is COc1cc(/C=C/C(=O)O[C@H](C)C(=O)Nc2c(F)cccc2F)cc(OC)c1. The Hall–Kier alpha value is -3.42. The summed E-state index contributed by atoms with van der Waals surface area (Å²) in [7, 11) is 2.99. The lowest BCUT2D eigenvalue weighted by Gasteiger charge is -2.13. The molecule has 0 heterocycles. The van der Waals surface area contributed by atoms with E-state index >= 15 is 0 Å². The van der Waals surface area contributed by atoms with Crippen molar-refractivity contribution in [2.24, 2.45) is 0 Å². The van der Waals surface area contributed by atoms with Crippen LogP contribution in [0.1, 0.15) is 12.5 Å². The van der Waals surface area contributed by atoms with Crippen molar-refractivity contribution < 1.29 is 32.6 Å². The van der Waals surface area contributed by atoms with Gasteiger partial charge in [-0.15, -0.1) is 0 Å². The Morgan fingerprint density at radius 1 is 1.04 bits per heavy atom. The molecule has 6 nitrogen and oxygen atoms in total. The van der Waals surface area contributed by atoms with Gasteiger partial charge in [-0.05, 0) is 42.8 Å². The first kappa shape index (κ1) is 20.9. The van der Waals surface area contributed by atoms with E-state index < -0.39 is 35.3 Å². The third-order valence-corrected chi connectivity index (χ3v) is 3.66. The number of carbonyl (C=O) groups excluding carboxylic acids is 2. The molecule has 1 amide bonds. The molecule has 0 saturated carbocycles. The summed E-state index contributed by atoms with van der Waals surface area (Å²) in [5, 5.41) is 2.06. The minimum Gasteiger partial charge on any atom is -0.497 e. The number of benzene rings is 2. The number of esters is 1. The number of anilines is 1. The first-order chi connectivity index (χ1) is 13.3. The van der Waals surface area contributed by atoms with E-state index in [1.165, 1.54) is 33.3 Å². The minimum absolute atomic E-state index is 0.534. The average Bonchev–Trinajstić information content (AvgIpc) is 2.68. The molecule has 0 aliphatic heterocycles. The molecule has 148 valence electrons. The van der Waals surface area contributed by atoms with Crippen molar-refractivity contribution in [3.8, 4) is 11.5 Å². The molecule has 0 fully saturated rings. The Bertz CT molecular complexity index is 856. The van der Waals surface area contributed by atoms with Crippen molar-refractivity contribution in [3.63, 3.8) is 0 Å². The van der Waals surface area contributed by atoms with Gasteiger partial charge in [-0.3, -0.25) is 4.79 Å². The van der Waals surface area contributed by atoms with Crippen LogP contribution in [0.2, 0.25) is 0 Å². The number of ether oxygens (including phenoxy) is 3. The first-order valence-corrected chi connectivity index (χ1v) is 8.20. The smallest absolute Gasteiger partial charge is 0.331 e. The van der Waals surface area contributed by atoms with Gasteiger partial charge in [-0.25, -0.2) is 13.6 Å². The summed E-state index contributed by atoms with van der Waals surface area (Å²) >= 11 is 0. The third-order valence-electron chi connectivity index (χ3n) is 3.66. The van der Waals surface area contributed by atoms with Crippen LogP contribution in [0.15, 0.2) is 42.5 Å². The molecule has 1 atom stereocenters. The zero-order chi connectivity index (χ0) is 20.7. The van der Waals surface area contributed by atoms with Crippen molar-refractivity contribution in [1.82, 2.24) is 0 Å². The van der Waals surface area contributed by atoms with Crippen LogP contribution in [-0.2, 0) is 14.3 Å². The number of hydrogen-bond donors (Lipinski definition) is 1. The van der Waals surface area contributed by atoms with Gasteiger partial charge in [-0.2, -0.15) is 0 Å². The average molecular weight is 391 g/mol. The number of amides is 1. The Labute approximate surface area is 160 Å². The lowest BCUT2D eigenvalue weighted by molar-refractivity contribution is -0.148. The molecule has 0 saturated heterocycles. The molecular formula is C20H19F2NO5. The molecule has 0 radical (unpaired) electrons. The topological polar surface area (TPSA) is 73.9 Å². The predicted molar refractivity (Wildman–Crippen MR) is 99.1 cm³/mol. The molecule has 2 rings (SSSR count). The lowest BCUT2D eigenvalue weighted by Crippen LogP contribution is -2.30. The lowest BCUT2D eigenvalue weighted by atomic mass is 10.2. The van der Waals surface area contributed by atoms with E-state index in [1.54, 1.807) is 18.2 Å². The van der Waals surface area contributed by atoms with Gasteiger partial charge in [0.25, 0.3) is 5.91 Å². The number of methoxy groups -OCH3 is 2. The third kappa shape index (κ3) is 5.54. The van der Waals surface area contributed by atoms with E-state index in [-0.39, 0.29) is 0 Å². The quantitative estimate of drug-likeness (QED) is 0.577. The summed E-state index contributed by atoms with van der Waals surface area (Å²) in [4.78, 5) is 23.9. The maximum absolute atomic E-state index is 13.6. The Kier molecular flexibility index (Phi) is 7.08. The fourth-order valence-corrected chi connectivity index (χ4v) is 2.20. The number of carbonyl (C=O) groups is 2. The van der Waals surface area contributed by atoms with E-state index in [4.69, 9.17) is 14.2 Å². The van der Waals surface area contributed by atoms with Gasteiger partial charge < -0.3 is 19.5 Å². The van der Waals surface area contributed by atoms with Crippen molar-refractivity contribution in [3.05, 3.63) is 59.7 Å². The van der Waals surface area contributed by atoms with E-state index in [1.807, 2.05) is 0 Å². The summed E-state index contributed by atoms with van der Waals surface area (Å²) in [6.45, 7) is 1.29. The first-order valence-electron chi connectivity index (χ1n) is 8.20. The highest BCUT2D eigenvalue weighted by Crippen LogP contribution is 2.23. The minimum atomic E-state index is -1.27. The largest absolute Gasteiger partial charge is 0.497 e. The van der Waals surface area contributed by atoms with E-state index in [0.29, 0.717) is 17.1 Å². The number of rotatable bonds is 7. The molecule has 0 bridgehead atoms. The summed E-state index contributed by atoms with van der Waals surface area (Å²) in [5.74, 6) is -2.47. The Morgan fingerprint density at radius 3 is 2.14 bits per heavy atom. The van der Waals surface area contributed by atoms with Crippen molar-refractivity contribution in [1.29, 1.82) is 0 Å². The molecule has 0 spiro atoms. The second kappa shape index (κ2) is 9.50. The van der Waals surface area contributed by atoms with Crippen LogP contribution >= 0.6 is 0 Å². The standard InChI is InChI=1S/C20H19F2NO5/c1-12(20(25)23-19-16(21)5-4-6-17(19)22)28-18(24)8-7-13-9-14(26-2)11-15(10-13)27-3/h4-12H,1-3H3,(H,23,25)/b8-7+/t12-/m1/s1. The van der Waals surface area contributed by atoms with Crippen LogP contribution in [0.3, 0.4) is 0 Å². The summed E-state index contributed by atoms with van der Waals surface area (Å²) in [6, 6.07) is 8.18. The molecular weight excluding hydrogens is 372 g/mol. The predicted octanol–water partition coefficient (Wildman–Crippen LogP) is 3.57. The maximum atomic E-state index is 13.6. The summed E-state index contributed by atoms with van der Waals surface area (Å²) < 4.78 is 42.4. The highest BCUT2D eigenvalue weighted by molar-refractivity contribution is 5.96.